The zero-order chi connectivity index (χ0) is 9.31. The number of carbonyl (C=O) groups excluding carboxylic acids is 1. The molecular weight excluding hydrogens is 186 g/mol. The molecule has 0 radical (unpaired) electrons. The molecule has 0 atom stereocenters. The molecular formula is C9H13NO2S. The second-order valence-electron chi connectivity index (χ2n) is 3.44. The van der Waals surface area contributed by atoms with Crippen LogP contribution in [0, 0.1) is 0 Å². The quantitative estimate of drug-likeness (QED) is 0.749. The van der Waals surface area contributed by atoms with E-state index in [1.54, 1.807) is 11.7 Å². The van der Waals surface area contributed by atoms with Gasteiger partial charge >= 0.3 is 0 Å². The largest absolute Gasteiger partial charge is 0.384 e. The number of aromatic nitrogens is 1. The lowest BCUT2D eigenvalue weighted by Gasteiger charge is -2.29. The van der Waals surface area contributed by atoms with Crippen LogP contribution in [-0.4, -0.2) is 15.9 Å². The smallest absolute Gasteiger partial charge is 0.133 e. The minimum atomic E-state index is -0.783. The van der Waals surface area contributed by atoms with Crippen molar-refractivity contribution >= 4 is 17.1 Å². The third kappa shape index (κ3) is 1.64. The van der Waals surface area contributed by atoms with E-state index in [4.69, 9.17) is 0 Å². The first-order chi connectivity index (χ1) is 6.21. The molecule has 1 saturated carbocycles. The lowest BCUT2D eigenvalue weighted by Crippen LogP contribution is -2.30. The van der Waals surface area contributed by atoms with Crippen molar-refractivity contribution in [3.63, 3.8) is 0 Å². The Kier molecular flexibility index (Phi) is 2.17. The average Bonchev–Trinajstić information content (AvgIpc) is 2.63. The zero-order valence-electron chi connectivity index (χ0n) is 7.19. The molecule has 1 heterocycles. The van der Waals surface area contributed by atoms with Gasteiger partial charge in [0.15, 0.2) is 0 Å². The second kappa shape index (κ2) is 3.20. The first kappa shape index (κ1) is 8.84. The molecule has 72 valence electrons. The Morgan fingerprint density at radius 3 is 2.77 bits per heavy atom. The molecule has 13 heavy (non-hydrogen) atoms. The monoisotopic (exact) mass is 199 g/mol. The van der Waals surface area contributed by atoms with Crippen molar-refractivity contribution < 1.29 is 11.3 Å². The standard InChI is InChI=1S/C9H11NO2S.H2/c11-7-1-3-9(12,4-2-7)8-5-10-6-13-8;/h5-6,12H,1-4H2;1H. The molecule has 0 spiro atoms. The van der Waals surface area contributed by atoms with E-state index in [0.29, 0.717) is 25.7 Å². The van der Waals surface area contributed by atoms with E-state index in [9.17, 15) is 9.90 Å². The van der Waals surface area contributed by atoms with E-state index in [1.165, 1.54) is 11.3 Å². The number of Topliss-reactive ketones (excluding diaryl/α,β-unsaturated/α-hetero) is 1. The Morgan fingerprint density at radius 1 is 1.54 bits per heavy atom. The Labute approximate surface area is 81.9 Å². The summed E-state index contributed by atoms with van der Waals surface area (Å²) in [6, 6.07) is 0. The number of thiazole rings is 1. The van der Waals surface area contributed by atoms with E-state index in [0.717, 1.165) is 4.88 Å². The predicted molar refractivity (Wildman–Crippen MR) is 51.6 cm³/mol. The highest BCUT2D eigenvalue weighted by Crippen LogP contribution is 2.37. The zero-order valence-corrected chi connectivity index (χ0v) is 8.01. The van der Waals surface area contributed by atoms with Crippen LogP contribution in [0.25, 0.3) is 0 Å². The average molecular weight is 199 g/mol. The van der Waals surface area contributed by atoms with E-state index in [1.807, 2.05) is 0 Å². The highest BCUT2D eigenvalue weighted by atomic mass is 32.1. The van der Waals surface area contributed by atoms with Crippen molar-refractivity contribution in [2.45, 2.75) is 31.3 Å². The Morgan fingerprint density at radius 2 is 2.23 bits per heavy atom. The molecule has 1 aliphatic carbocycles. The second-order valence-corrected chi connectivity index (χ2v) is 4.32. The molecule has 2 rings (SSSR count). The summed E-state index contributed by atoms with van der Waals surface area (Å²) in [6.07, 6.45) is 3.78. The summed E-state index contributed by atoms with van der Waals surface area (Å²) in [5.74, 6) is 0.259. The van der Waals surface area contributed by atoms with Gasteiger partial charge in [0, 0.05) is 20.5 Å². The van der Waals surface area contributed by atoms with Gasteiger partial charge in [-0.1, -0.05) is 0 Å². The van der Waals surface area contributed by atoms with Crippen LogP contribution in [0.2, 0.25) is 0 Å². The molecule has 3 nitrogen and oxygen atoms in total. The van der Waals surface area contributed by atoms with E-state index in [-0.39, 0.29) is 7.21 Å². The van der Waals surface area contributed by atoms with Crippen LogP contribution >= 0.6 is 11.3 Å². The summed E-state index contributed by atoms with van der Waals surface area (Å²) >= 11 is 1.46. The van der Waals surface area contributed by atoms with E-state index in [2.05, 4.69) is 4.98 Å². The van der Waals surface area contributed by atoms with Crippen LogP contribution in [0.15, 0.2) is 11.7 Å². The van der Waals surface area contributed by atoms with Crippen molar-refractivity contribution in [3.8, 4) is 0 Å². The van der Waals surface area contributed by atoms with E-state index < -0.39 is 5.60 Å². The summed E-state index contributed by atoms with van der Waals surface area (Å²) < 4.78 is 0. The van der Waals surface area contributed by atoms with Crippen LogP contribution in [0.5, 0.6) is 0 Å². The summed E-state index contributed by atoms with van der Waals surface area (Å²) in [4.78, 5) is 15.8. The van der Waals surface area contributed by atoms with Gasteiger partial charge in [-0.15, -0.1) is 11.3 Å². The molecule has 0 aromatic carbocycles. The molecule has 0 aliphatic heterocycles. The SMILES string of the molecule is O=C1CCC(O)(c2cncs2)CC1.[HH]. The maximum atomic E-state index is 11.0. The third-order valence-electron chi connectivity index (χ3n) is 2.53. The normalized spacial score (nSPS) is 21.8. The van der Waals surface area contributed by atoms with Gasteiger partial charge < -0.3 is 5.11 Å². The van der Waals surface area contributed by atoms with Gasteiger partial charge in [0.25, 0.3) is 0 Å². The summed E-state index contributed by atoms with van der Waals surface area (Å²) in [7, 11) is 0. The van der Waals surface area contributed by atoms with Crippen molar-refractivity contribution in [3.05, 3.63) is 16.6 Å². The minimum absolute atomic E-state index is 0. The molecule has 4 heteroatoms. The van der Waals surface area contributed by atoms with Crippen LogP contribution in [0.1, 0.15) is 32.0 Å². The molecule has 0 saturated heterocycles. The fourth-order valence-corrected chi connectivity index (χ4v) is 2.41. The van der Waals surface area contributed by atoms with Crippen LogP contribution in [0.4, 0.5) is 0 Å². The first-order valence-electron chi connectivity index (χ1n) is 4.34. The van der Waals surface area contributed by atoms with Gasteiger partial charge in [0.05, 0.1) is 10.4 Å². The van der Waals surface area contributed by atoms with Crippen molar-refractivity contribution in [1.29, 1.82) is 0 Å². The number of aliphatic hydroxyl groups is 1. The van der Waals surface area contributed by atoms with Crippen LogP contribution < -0.4 is 0 Å². The van der Waals surface area contributed by atoms with Gasteiger partial charge in [-0.25, -0.2) is 0 Å². The van der Waals surface area contributed by atoms with Gasteiger partial charge in [0.2, 0.25) is 0 Å². The van der Waals surface area contributed by atoms with Crippen molar-refractivity contribution in [1.82, 2.24) is 4.98 Å². The fourth-order valence-electron chi connectivity index (χ4n) is 1.63. The highest BCUT2D eigenvalue weighted by Gasteiger charge is 2.35. The molecule has 1 aromatic rings. The Bertz CT molecular complexity index is 303. The van der Waals surface area contributed by atoms with Crippen LogP contribution in [0.3, 0.4) is 0 Å². The molecule has 1 aliphatic rings. The molecule has 0 amide bonds. The number of carbonyl (C=O) groups is 1. The van der Waals surface area contributed by atoms with Gasteiger partial charge in [-0.2, -0.15) is 0 Å². The number of hydrogen-bond acceptors (Lipinski definition) is 4. The van der Waals surface area contributed by atoms with Crippen molar-refractivity contribution in [2.75, 3.05) is 0 Å². The third-order valence-corrected chi connectivity index (χ3v) is 3.49. The fraction of sp³-hybridized carbons (Fsp3) is 0.556. The lowest BCUT2D eigenvalue weighted by atomic mass is 9.83. The lowest BCUT2D eigenvalue weighted by molar-refractivity contribution is -0.125. The molecule has 0 bridgehead atoms. The Hall–Kier alpha value is -0.740. The predicted octanol–water partition coefficient (Wildman–Crippen LogP) is 1.72. The number of hydrogen-bond donors (Lipinski definition) is 1. The summed E-state index contributed by atoms with van der Waals surface area (Å²) in [5.41, 5.74) is 0.929. The maximum absolute atomic E-state index is 11.0. The van der Waals surface area contributed by atoms with E-state index >= 15 is 0 Å². The molecule has 1 N–H and O–H groups in total. The topological polar surface area (TPSA) is 50.2 Å². The van der Waals surface area contributed by atoms with Gasteiger partial charge in [-0.3, -0.25) is 9.78 Å². The van der Waals surface area contributed by atoms with Crippen LogP contribution in [-0.2, 0) is 10.4 Å². The van der Waals surface area contributed by atoms with Crippen molar-refractivity contribution in [2.24, 2.45) is 0 Å². The van der Waals surface area contributed by atoms with Gasteiger partial charge in [-0.05, 0) is 12.8 Å². The minimum Gasteiger partial charge on any atom is -0.384 e. The first-order valence-corrected chi connectivity index (χ1v) is 5.22. The molecule has 1 aromatic heterocycles. The summed E-state index contributed by atoms with van der Waals surface area (Å²) in [6.45, 7) is 0. The van der Waals surface area contributed by atoms with Gasteiger partial charge in [0.1, 0.15) is 11.4 Å². The summed E-state index contributed by atoms with van der Waals surface area (Å²) in [5, 5.41) is 10.2. The number of nitrogens with zero attached hydrogens (tertiary/aromatic N) is 1. The molecule has 1 fully saturated rings. The molecule has 0 unspecified atom stereocenters. The number of ketones is 1. The Balaban J connectivity index is 0.000000980. The highest BCUT2D eigenvalue weighted by molar-refractivity contribution is 7.09. The maximum Gasteiger partial charge on any atom is 0.133 e. The number of rotatable bonds is 1.